The molecule has 1 aromatic carbocycles. The highest BCUT2D eigenvalue weighted by Crippen LogP contribution is 2.32. The Balaban J connectivity index is 2.60. The highest BCUT2D eigenvalue weighted by molar-refractivity contribution is 6.16. The first-order valence-electron chi connectivity index (χ1n) is 7.32. The van der Waals surface area contributed by atoms with Crippen LogP contribution in [0.3, 0.4) is 0 Å². The van der Waals surface area contributed by atoms with Crippen LogP contribution in [0.4, 0.5) is 0 Å². The summed E-state index contributed by atoms with van der Waals surface area (Å²) in [6.07, 6.45) is 1.13. The van der Waals surface area contributed by atoms with Crippen LogP contribution >= 0.6 is 11.6 Å². The standard InChI is InChI=1S/C16H23ClN2O/c1-5-11(3)12(4)19-13-8-7-9-14(20-6-2)16(13)18-15(19)10-17/h7-9,11-12H,5-6,10H2,1-4H3. The summed E-state index contributed by atoms with van der Waals surface area (Å²) in [7, 11) is 0. The zero-order valence-corrected chi connectivity index (χ0v) is 13.4. The first-order chi connectivity index (χ1) is 9.63. The molecule has 0 aliphatic heterocycles. The van der Waals surface area contributed by atoms with E-state index in [0.29, 0.717) is 24.4 Å². The minimum absolute atomic E-state index is 0.371. The molecule has 0 aliphatic carbocycles. The van der Waals surface area contributed by atoms with Gasteiger partial charge in [0.2, 0.25) is 0 Å². The third kappa shape index (κ3) is 2.64. The minimum Gasteiger partial charge on any atom is -0.492 e. The smallest absolute Gasteiger partial charge is 0.147 e. The molecule has 2 atom stereocenters. The summed E-state index contributed by atoms with van der Waals surface area (Å²) < 4.78 is 7.94. The molecule has 0 saturated carbocycles. The molecular formula is C16H23ClN2O. The Hall–Kier alpha value is -1.22. The first-order valence-corrected chi connectivity index (χ1v) is 7.86. The molecule has 0 radical (unpaired) electrons. The lowest BCUT2D eigenvalue weighted by Crippen LogP contribution is -2.15. The van der Waals surface area contributed by atoms with Crippen LogP contribution in [0.25, 0.3) is 11.0 Å². The van der Waals surface area contributed by atoms with E-state index in [0.717, 1.165) is 29.0 Å². The summed E-state index contributed by atoms with van der Waals surface area (Å²) in [5, 5.41) is 0. The predicted octanol–water partition coefficient (Wildman–Crippen LogP) is 4.78. The molecule has 20 heavy (non-hydrogen) atoms. The highest BCUT2D eigenvalue weighted by atomic mass is 35.5. The van der Waals surface area contributed by atoms with E-state index in [2.05, 4.69) is 31.4 Å². The van der Waals surface area contributed by atoms with Crippen LogP contribution in [0.1, 0.15) is 46.0 Å². The van der Waals surface area contributed by atoms with Crippen LogP contribution in [-0.4, -0.2) is 16.2 Å². The molecule has 1 heterocycles. The zero-order chi connectivity index (χ0) is 14.7. The highest BCUT2D eigenvalue weighted by Gasteiger charge is 2.20. The second-order valence-electron chi connectivity index (χ2n) is 5.21. The van der Waals surface area contributed by atoms with E-state index in [1.807, 2.05) is 19.1 Å². The molecule has 0 fully saturated rings. The molecular weight excluding hydrogens is 272 g/mol. The summed E-state index contributed by atoms with van der Waals surface area (Å²) in [5.41, 5.74) is 2.03. The van der Waals surface area contributed by atoms with Gasteiger partial charge in [0.1, 0.15) is 17.1 Å². The average Bonchev–Trinajstić information content (AvgIpc) is 2.85. The molecule has 1 aromatic heterocycles. The Labute approximate surface area is 125 Å². The lowest BCUT2D eigenvalue weighted by molar-refractivity contribution is 0.343. The summed E-state index contributed by atoms with van der Waals surface area (Å²) in [6.45, 7) is 9.34. The SMILES string of the molecule is CCOc1cccc2c1nc(CCl)n2C(C)C(C)CC. The molecule has 2 unspecified atom stereocenters. The van der Waals surface area contributed by atoms with Crippen molar-refractivity contribution in [2.45, 2.75) is 46.0 Å². The van der Waals surface area contributed by atoms with Crippen LogP contribution in [-0.2, 0) is 5.88 Å². The van der Waals surface area contributed by atoms with Gasteiger partial charge in [-0.25, -0.2) is 4.98 Å². The normalized spacial score (nSPS) is 14.4. The fourth-order valence-corrected chi connectivity index (χ4v) is 2.74. The van der Waals surface area contributed by atoms with Gasteiger partial charge in [-0.15, -0.1) is 11.6 Å². The zero-order valence-electron chi connectivity index (χ0n) is 12.7. The molecule has 0 spiro atoms. The molecule has 0 N–H and O–H groups in total. The van der Waals surface area contributed by atoms with Gasteiger partial charge in [0.15, 0.2) is 0 Å². The Morgan fingerprint density at radius 1 is 1.30 bits per heavy atom. The van der Waals surface area contributed by atoms with Gasteiger partial charge in [0.25, 0.3) is 0 Å². The maximum absolute atomic E-state index is 6.10. The van der Waals surface area contributed by atoms with Crippen LogP contribution in [0, 0.1) is 5.92 Å². The second kappa shape index (κ2) is 6.49. The maximum Gasteiger partial charge on any atom is 0.147 e. The summed E-state index contributed by atoms with van der Waals surface area (Å²) in [5.74, 6) is 2.75. The van der Waals surface area contributed by atoms with E-state index in [4.69, 9.17) is 21.3 Å². The molecule has 2 aromatic rings. The molecule has 110 valence electrons. The van der Waals surface area contributed by atoms with Crippen LogP contribution < -0.4 is 4.74 Å². The molecule has 0 bridgehead atoms. The first kappa shape index (κ1) is 15.2. The fraction of sp³-hybridized carbons (Fsp3) is 0.562. The van der Waals surface area contributed by atoms with Crippen molar-refractivity contribution in [1.29, 1.82) is 0 Å². The van der Waals surface area contributed by atoms with Gasteiger partial charge in [-0.05, 0) is 31.9 Å². The van der Waals surface area contributed by atoms with Crippen LogP contribution in [0.15, 0.2) is 18.2 Å². The largest absolute Gasteiger partial charge is 0.492 e. The fourth-order valence-electron chi connectivity index (χ4n) is 2.56. The Bertz CT molecular complexity index is 579. The summed E-state index contributed by atoms with van der Waals surface area (Å²) in [4.78, 5) is 4.69. The van der Waals surface area contributed by atoms with Crippen molar-refractivity contribution < 1.29 is 4.74 Å². The number of fused-ring (bicyclic) bond motifs is 1. The quantitative estimate of drug-likeness (QED) is 0.717. The molecule has 2 rings (SSSR count). The predicted molar refractivity (Wildman–Crippen MR) is 84.6 cm³/mol. The number of aromatic nitrogens is 2. The van der Waals surface area contributed by atoms with Crippen molar-refractivity contribution in [2.75, 3.05) is 6.61 Å². The average molecular weight is 295 g/mol. The van der Waals surface area contributed by atoms with Gasteiger partial charge >= 0.3 is 0 Å². The Morgan fingerprint density at radius 2 is 2.05 bits per heavy atom. The third-order valence-corrected chi connectivity index (χ3v) is 4.29. The number of hydrogen-bond donors (Lipinski definition) is 0. The number of imidazole rings is 1. The van der Waals surface area contributed by atoms with Crippen molar-refractivity contribution in [3.8, 4) is 5.75 Å². The number of benzene rings is 1. The van der Waals surface area contributed by atoms with E-state index in [9.17, 15) is 0 Å². The molecule has 0 saturated heterocycles. The number of halogens is 1. The van der Waals surface area contributed by atoms with Crippen molar-refractivity contribution >= 4 is 22.6 Å². The number of nitrogens with zero attached hydrogens (tertiary/aromatic N) is 2. The molecule has 4 heteroatoms. The van der Waals surface area contributed by atoms with Crippen LogP contribution in [0.2, 0.25) is 0 Å². The van der Waals surface area contributed by atoms with Gasteiger partial charge in [0.05, 0.1) is 18.0 Å². The second-order valence-corrected chi connectivity index (χ2v) is 5.48. The number of hydrogen-bond acceptors (Lipinski definition) is 2. The molecule has 0 amide bonds. The summed E-state index contributed by atoms with van der Waals surface area (Å²) >= 11 is 6.10. The van der Waals surface area contributed by atoms with Crippen molar-refractivity contribution in [3.05, 3.63) is 24.0 Å². The van der Waals surface area contributed by atoms with Crippen molar-refractivity contribution in [1.82, 2.24) is 9.55 Å². The van der Waals surface area contributed by atoms with E-state index in [1.54, 1.807) is 0 Å². The van der Waals surface area contributed by atoms with E-state index >= 15 is 0 Å². The lowest BCUT2D eigenvalue weighted by Gasteiger charge is -2.22. The topological polar surface area (TPSA) is 27.1 Å². The summed E-state index contributed by atoms with van der Waals surface area (Å²) in [6, 6.07) is 6.46. The molecule has 0 aliphatic rings. The minimum atomic E-state index is 0.371. The number of ether oxygens (including phenoxy) is 1. The molecule has 3 nitrogen and oxygen atoms in total. The number of para-hydroxylation sites is 1. The lowest BCUT2D eigenvalue weighted by atomic mass is 10.0. The van der Waals surface area contributed by atoms with Gasteiger partial charge in [-0.2, -0.15) is 0 Å². The van der Waals surface area contributed by atoms with E-state index < -0.39 is 0 Å². The Kier molecular flexibility index (Phi) is 4.92. The van der Waals surface area contributed by atoms with Crippen molar-refractivity contribution in [2.24, 2.45) is 5.92 Å². The van der Waals surface area contributed by atoms with E-state index in [-0.39, 0.29) is 0 Å². The number of rotatable bonds is 6. The van der Waals surface area contributed by atoms with Gasteiger partial charge in [0, 0.05) is 6.04 Å². The monoisotopic (exact) mass is 294 g/mol. The third-order valence-electron chi connectivity index (χ3n) is 4.05. The van der Waals surface area contributed by atoms with Gasteiger partial charge < -0.3 is 9.30 Å². The van der Waals surface area contributed by atoms with E-state index in [1.165, 1.54) is 0 Å². The van der Waals surface area contributed by atoms with Gasteiger partial charge in [-0.3, -0.25) is 0 Å². The van der Waals surface area contributed by atoms with Crippen molar-refractivity contribution in [3.63, 3.8) is 0 Å². The number of alkyl halides is 1. The Morgan fingerprint density at radius 3 is 2.65 bits per heavy atom. The van der Waals surface area contributed by atoms with Gasteiger partial charge in [-0.1, -0.05) is 26.3 Å². The maximum atomic E-state index is 6.10. The van der Waals surface area contributed by atoms with Crippen LogP contribution in [0.5, 0.6) is 5.75 Å².